The van der Waals surface area contributed by atoms with Gasteiger partial charge in [-0.05, 0) is 26.0 Å². The van der Waals surface area contributed by atoms with Crippen molar-refractivity contribution in [2.45, 2.75) is 13.8 Å². The Morgan fingerprint density at radius 3 is 2.43 bits per heavy atom. The SMILES string of the molecule is Cc1n[nH]c(C)c1Nc1ccccc1. The third-order valence-corrected chi connectivity index (χ3v) is 2.17. The Morgan fingerprint density at radius 1 is 1.14 bits per heavy atom. The molecule has 0 atom stereocenters. The van der Waals surface area contributed by atoms with Crippen LogP contribution in [0.1, 0.15) is 11.4 Å². The highest BCUT2D eigenvalue weighted by Crippen LogP contribution is 2.21. The Kier molecular flexibility index (Phi) is 2.23. The van der Waals surface area contributed by atoms with Crippen molar-refractivity contribution < 1.29 is 0 Å². The van der Waals surface area contributed by atoms with Crippen LogP contribution in [0.3, 0.4) is 0 Å². The first kappa shape index (κ1) is 8.81. The zero-order valence-corrected chi connectivity index (χ0v) is 8.33. The third kappa shape index (κ3) is 1.62. The van der Waals surface area contributed by atoms with Crippen LogP contribution in [0.25, 0.3) is 0 Å². The lowest BCUT2D eigenvalue weighted by atomic mass is 10.2. The van der Waals surface area contributed by atoms with Crippen molar-refractivity contribution in [1.29, 1.82) is 0 Å². The summed E-state index contributed by atoms with van der Waals surface area (Å²) in [6, 6.07) is 10.1. The molecule has 0 spiro atoms. The standard InChI is InChI=1S/C11H13N3/c1-8-11(9(2)14-13-8)12-10-6-4-3-5-7-10/h3-7,12H,1-2H3,(H,13,14). The number of H-pyrrole nitrogens is 1. The zero-order valence-electron chi connectivity index (χ0n) is 8.33. The fourth-order valence-corrected chi connectivity index (χ4v) is 1.40. The minimum absolute atomic E-state index is 0.992. The maximum atomic E-state index is 4.12. The average molecular weight is 187 g/mol. The van der Waals surface area contributed by atoms with Gasteiger partial charge < -0.3 is 5.32 Å². The second-order valence-electron chi connectivity index (χ2n) is 3.30. The summed E-state index contributed by atoms with van der Waals surface area (Å²) in [5.41, 5.74) is 4.20. The van der Waals surface area contributed by atoms with Gasteiger partial charge in [0.05, 0.1) is 17.1 Å². The molecular formula is C11H13N3. The number of rotatable bonds is 2. The predicted octanol–water partition coefficient (Wildman–Crippen LogP) is 2.77. The number of nitrogens with one attached hydrogen (secondary N) is 2. The van der Waals surface area contributed by atoms with Gasteiger partial charge in [-0.2, -0.15) is 5.10 Å². The summed E-state index contributed by atoms with van der Waals surface area (Å²) >= 11 is 0. The van der Waals surface area contributed by atoms with Gasteiger partial charge in [0.2, 0.25) is 0 Å². The first-order chi connectivity index (χ1) is 6.77. The molecule has 0 unspecified atom stereocenters. The van der Waals surface area contributed by atoms with Gasteiger partial charge >= 0.3 is 0 Å². The fraction of sp³-hybridized carbons (Fsp3) is 0.182. The second kappa shape index (κ2) is 3.54. The molecule has 14 heavy (non-hydrogen) atoms. The normalized spacial score (nSPS) is 10.1. The lowest BCUT2D eigenvalue weighted by molar-refractivity contribution is 1.02. The molecule has 1 aromatic carbocycles. The number of anilines is 2. The molecule has 2 aromatic rings. The summed E-state index contributed by atoms with van der Waals surface area (Å²) in [6.07, 6.45) is 0. The molecule has 3 heteroatoms. The maximum Gasteiger partial charge on any atom is 0.0828 e. The van der Waals surface area contributed by atoms with E-state index in [2.05, 4.69) is 15.5 Å². The molecule has 0 aliphatic carbocycles. The van der Waals surface area contributed by atoms with Crippen LogP contribution in [0.5, 0.6) is 0 Å². The van der Waals surface area contributed by atoms with Gasteiger partial charge in [-0.1, -0.05) is 18.2 Å². The van der Waals surface area contributed by atoms with Crippen LogP contribution in [-0.4, -0.2) is 10.2 Å². The fourth-order valence-electron chi connectivity index (χ4n) is 1.40. The third-order valence-electron chi connectivity index (χ3n) is 2.17. The van der Waals surface area contributed by atoms with E-state index in [4.69, 9.17) is 0 Å². The first-order valence-electron chi connectivity index (χ1n) is 4.61. The Balaban J connectivity index is 2.27. The lowest BCUT2D eigenvalue weighted by Gasteiger charge is -2.05. The summed E-state index contributed by atoms with van der Waals surface area (Å²) in [5, 5.41) is 10.4. The van der Waals surface area contributed by atoms with Gasteiger partial charge in [-0.15, -0.1) is 0 Å². The van der Waals surface area contributed by atoms with Crippen LogP contribution in [0.4, 0.5) is 11.4 Å². The van der Waals surface area contributed by atoms with E-state index in [0.29, 0.717) is 0 Å². The summed E-state index contributed by atoms with van der Waals surface area (Å²) in [5.74, 6) is 0. The smallest absolute Gasteiger partial charge is 0.0828 e. The molecule has 0 bridgehead atoms. The molecule has 2 N–H and O–H groups in total. The molecule has 0 fully saturated rings. The molecule has 0 saturated heterocycles. The second-order valence-corrected chi connectivity index (χ2v) is 3.30. The van der Waals surface area contributed by atoms with Crippen LogP contribution in [0, 0.1) is 13.8 Å². The number of aryl methyl sites for hydroxylation is 2. The van der Waals surface area contributed by atoms with E-state index in [1.165, 1.54) is 0 Å². The lowest BCUT2D eigenvalue weighted by Crippen LogP contribution is -1.91. The monoisotopic (exact) mass is 187 g/mol. The molecule has 0 radical (unpaired) electrons. The summed E-state index contributed by atoms with van der Waals surface area (Å²) < 4.78 is 0. The van der Waals surface area contributed by atoms with Gasteiger partial charge in [0, 0.05) is 5.69 Å². The summed E-state index contributed by atoms with van der Waals surface area (Å²) in [4.78, 5) is 0. The predicted molar refractivity (Wildman–Crippen MR) is 57.8 cm³/mol. The first-order valence-corrected chi connectivity index (χ1v) is 4.61. The Bertz CT molecular complexity index is 398. The zero-order chi connectivity index (χ0) is 9.97. The van der Waals surface area contributed by atoms with E-state index in [-0.39, 0.29) is 0 Å². The number of hydrogen-bond acceptors (Lipinski definition) is 2. The van der Waals surface area contributed by atoms with Gasteiger partial charge in [0.1, 0.15) is 0 Å². The number of para-hydroxylation sites is 1. The van der Waals surface area contributed by atoms with E-state index in [0.717, 1.165) is 22.8 Å². The Labute approximate surface area is 83.2 Å². The van der Waals surface area contributed by atoms with Crippen LogP contribution >= 0.6 is 0 Å². The number of hydrogen-bond donors (Lipinski definition) is 2. The van der Waals surface area contributed by atoms with Gasteiger partial charge in [-0.25, -0.2) is 0 Å². The molecule has 0 amide bonds. The van der Waals surface area contributed by atoms with Gasteiger partial charge in [0.25, 0.3) is 0 Å². The molecule has 1 heterocycles. The maximum absolute atomic E-state index is 4.12. The Hall–Kier alpha value is -1.77. The van der Waals surface area contributed by atoms with Crippen molar-refractivity contribution in [3.8, 4) is 0 Å². The summed E-state index contributed by atoms with van der Waals surface area (Å²) in [7, 11) is 0. The Morgan fingerprint density at radius 2 is 1.86 bits per heavy atom. The number of aromatic amines is 1. The van der Waals surface area contributed by atoms with Crippen LogP contribution in [-0.2, 0) is 0 Å². The highest BCUT2D eigenvalue weighted by molar-refractivity contribution is 5.63. The average Bonchev–Trinajstić information content (AvgIpc) is 2.51. The number of benzene rings is 1. The van der Waals surface area contributed by atoms with Crippen molar-refractivity contribution in [2.24, 2.45) is 0 Å². The number of aromatic nitrogens is 2. The van der Waals surface area contributed by atoms with Crippen molar-refractivity contribution in [2.75, 3.05) is 5.32 Å². The molecular weight excluding hydrogens is 174 g/mol. The highest BCUT2D eigenvalue weighted by Gasteiger charge is 2.04. The number of nitrogens with zero attached hydrogens (tertiary/aromatic N) is 1. The molecule has 2 rings (SSSR count). The minimum atomic E-state index is 0.992. The molecule has 1 aromatic heterocycles. The van der Waals surface area contributed by atoms with E-state index >= 15 is 0 Å². The molecule has 0 aliphatic heterocycles. The van der Waals surface area contributed by atoms with E-state index in [1.807, 2.05) is 44.2 Å². The topological polar surface area (TPSA) is 40.7 Å². The largest absolute Gasteiger partial charge is 0.353 e. The van der Waals surface area contributed by atoms with Gasteiger partial charge in [-0.3, -0.25) is 5.10 Å². The summed E-state index contributed by atoms with van der Waals surface area (Å²) in [6.45, 7) is 3.99. The van der Waals surface area contributed by atoms with Crippen LogP contribution in [0.15, 0.2) is 30.3 Å². The quantitative estimate of drug-likeness (QED) is 0.759. The van der Waals surface area contributed by atoms with Crippen molar-refractivity contribution in [3.63, 3.8) is 0 Å². The molecule has 0 saturated carbocycles. The van der Waals surface area contributed by atoms with Crippen molar-refractivity contribution >= 4 is 11.4 Å². The van der Waals surface area contributed by atoms with Gasteiger partial charge in [0.15, 0.2) is 0 Å². The molecule has 0 aliphatic rings. The van der Waals surface area contributed by atoms with E-state index < -0.39 is 0 Å². The van der Waals surface area contributed by atoms with Crippen LogP contribution < -0.4 is 5.32 Å². The van der Waals surface area contributed by atoms with E-state index in [9.17, 15) is 0 Å². The van der Waals surface area contributed by atoms with E-state index in [1.54, 1.807) is 0 Å². The van der Waals surface area contributed by atoms with Crippen LogP contribution in [0.2, 0.25) is 0 Å². The molecule has 72 valence electrons. The highest BCUT2D eigenvalue weighted by atomic mass is 15.1. The van der Waals surface area contributed by atoms with Crippen molar-refractivity contribution in [1.82, 2.24) is 10.2 Å². The van der Waals surface area contributed by atoms with Crippen molar-refractivity contribution in [3.05, 3.63) is 41.7 Å². The minimum Gasteiger partial charge on any atom is -0.353 e. The molecule has 3 nitrogen and oxygen atoms in total.